The van der Waals surface area contributed by atoms with Crippen LogP contribution in [0.3, 0.4) is 0 Å². The monoisotopic (exact) mass is 515 g/mol. The molecule has 0 radical (unpaired) electrons. The van der Waals surface area contributed by atoms with Crippen LogP contribution in [-0.4, -0.2) is 94.7 Å². The number of nitrogens with one attached hydrogen (secondary N) is 1. The number of morpholine rings is 1. The van der Waals surface area contributed by atoms with Crippen molar-refractivity contribution in [1.82, 2.24) is 29.9 Å². The number of nitrogens with zero attached hydrogens (tertiary/aromatic N) is 5. The fraction of sp³-hybridized carbons (Fsp3) is 0.600. The van der Waals surface area contributed by atoms with E-state index in [1.807, 2.05) is 34.9 Å². The smallest absolute Gasteiger partial charge is 0.410 e. The number of amides is 2. The average molecular weight is 516 g/mol. The van der Waals surface area contributed by atoms with Crippen molar-refractivity contribution in [2.75, 3.05) is 52.6 Å². The van der Waals surface area contributed by atoms with Crippen molar-refractivity contribution in [3.8, 4) is 0 Å². The summed E-state index contributed by atoms with van der Waals surface area (Å²) >= 11 is 0. The molecule has 1 saturated heterocycles. The normalized spacial score (nSPS) is 17.2. The summed E-state index contributed by atoms with van der Waals surface area (Å²) in [4.78, 5) is 29.2. The van der Waals surface area contributed by atoms with Crippen LogP contribution in [0.2, 0.25) is 0 Å². The molecule has 4 rings (SSSR count). The fourth-order valence-electron chi connectivity index (χ4n) is 4.17. The van der Waals surface area contributed by atoms with Gasteiger partial charge in [0.2, 0.25) is 5.91 Å². The van der Waals surface area contributed by atoms with Crippen LogP contribution in [-0.2, 0) is 38.7 Å². The first-order chi connectivity index (χ1) is 17.8. The predicted molar refractivity (Wildman–Crippen MR) is 134 cm³/mol. The number of ether oxygens (including phenoxy) is 3. The third kappa shape index (κ3) is 7.48. The number of fused-ring (bicyclic) bond motifs is 1. The molecule has 2 aliphatic rings. The Morgan fingerprint density at radius 2 is 1.89 bits per heavy atom. The van der Waals surface area contributed by atoms with E-state index in [0.29, 0.717) is 57.7 Å². The van der Waals surface area contributed by atoms with Gasteiger partial charge in [0.15, 0.2) is 11.6 Å². The summed E-state index contributed by atoms with van der Waals surface area (Å²) in [6.45, 7) is 9.21. The number of carbonyl (C=O) groups excluding carboxylic acids is 2. The Kier molecular flexibility index (Phi) is 9.09. The Balaban J connectivity index is 1.36. The molecule has 2 amide bonds. The van der Waals surface area contributed by atoms with Crippen LogP contribution in [0.25, 0.3) is 0 Å². The van der Waals surface area contributed by atoms with Gasteiger partial charge in [-0.3, -0.25) is 14.6 Å². The van der Waals surface area contributed by atoms with Gasteiger partial charge < -0.3 is 29.8 Å². The van der Waals surface area contributed by atoms with Gasteiger partial charge in [-0.2, -0.15) is 0 Å². The van der Waals surface area contributed by atoms with E-state index >= 15 is 0 Å². The molecule has 3 N–H and O–H groups in total. The minimum atomic E-state index is -1.07. The van der Waals surface area contributed by atoms with E-state index in [9.17, 15) is 9.59 Å². The van der Waals surface area contributed by atoms with Crippen molar-refractivity contribution in [3.63, 3.8) is 0 Å². The van der Waals surface area contributed by atoms with Crippen molar-refractivity contribution in [2.45, 2.75) is 45.1 Å². The molecule has 1 aromatic heterocycles. The highest BCUT2D eigenvalue weighted by Crippen LogP contribution is 2.20. The van der Waals surface area contributed by atoms with Gasteiger partial charge >= 0.3 is 6.09 Å². The van der Waals surface area contributed by atoms with Crippen molar-refractivity contribution in [2.24, 2.45) is 5.73 Å². The number of carbonyl (C=O) groups is 2. The van der Waals surface area contributed by atoms with E-state index in [4.69, 9.17) is 19.9 Å². The molecule has 12 nitrogen and oxygen atoms in total. The van der Waals surface area contributed by atoms with E-state index in [2.05, 4.69) is 20.4 Å². The third-order valence-electron chi connectivity index (χ3n) is 6.38. The van der Waals surface area contributed by atoms with Crippen LogP contribution in [0.1, 0.15) is 37.1 Å². The second-order valence-electron chi connectivity index (χ2n) is 9.86. The number of hydrogen-bond donors (Lipinski definition) is 2. The second-order valence-corrected chi connectivity index (χ2v) is 9.86. The van der Waals surface area contributed by atoms with Gasteiger partial charge in [0.05, 0.1) is 38.5 Å². The molecule has 2 aromatic rings. The average Bonchev–Trinajstić information content (AvgIpc) is 3.32. The molecule has 12 heteroatoms. The van der Waals surface area contributed by atoms with E-state index in [0.717, 1.165) is 18.7 Å². The first kappa shape index (κ1) is 27.0. The molecule has 0 unspecified atom stereocenters. The van der Waals surface area contributed by atoms with E-state index in [-0.39, 0.29) is 25.2 Å². The topological polar surface area (TPSA) is 137 Å². The minimum Gasteiger partial charge on any atom is -0.448 e. The lowest BCUT2D eigenvalue weighted by Crippen LogP contribution is -2.51. The predicted octanol–water partition coefficient (Wildman–Crippen LogP) is 0.674. The number of hydrogen-bond acceptors (Lipinski definition) is 9. The third-order valence-corrected chi connectivity index (χ3v) is 6.38. The lowest BCUT2D eigenvalue weighted by Gasteiger charge is -2.30. The first-order valence-corrected chi connectivity index (χ1v) is 12.7. The molecule has 3 heterocycles. The van der Waals surface area contributed by atoms with E-state index in [1.165, 1.54) is 0 Å². The summed E-state index contributed by atoms with van der Waals surface area (Å²) in [7, 11) is 0. The Morgan fingerprint density at radius 3 is 2.62 bits per heavy atom. The Hall–Kier alpha value is -3.06. The van der Waals surface area contributed by atoms with Gasteiger partial charge in [-0.15, -0.1) is 10.2 Å². The van der Waals surface area contributed by atoms with Crippen LogP contribution in [0.5, 0.6) is 0 Å². The second kappa shape index (κ2) is 12.5. The lowest BCUT2D eigenvalue weighted by molar-refractivity contribution is -0.126. The molecule has 0 spiro atoms. The fourth-order valence-corrected chi connectivity index (χ4v) is 4.17. The van der Waals surface area contributed by atoms with Crippen LogP contribution in [0.15, 0.2) is 30.3 Å². The van der Waals surface area contributed by atoms with Crippen LogP contribution in [0.4, 0.5) is 4.79 Å². The van der Waals surface area contributed by atoms with Crippen molar-refractivity contribution in [3.05, 3.63) is 47.5 Å². The summed E-state index contributed by atoms with van der Waals surface area (Å²) in [5.74, 6) is 0.876. The van der Waals surface area contributed by atoms with Gasteiger partial charge in [0, 0.05) is 32.7 Å². The molecule has 1 aromatic carbocycles. The largest absolute Gasteiger partial charge is 0.448 e. The molecule has 2 aliphatic heterocycles. The molecule has 0 saturated carbocycles. The zero-order valence-corrected chi connectivity index (χ0v) is 21.6. The minimum absolute atomic E-state index is 0.197. The van der Waals surface area contributed by atoms with E-state index in [1.54, 1.807) is 18.7 Å². The maximum atomic E-state index is 12.7. The van der Waals surface area contributed by atoms with Crippen LogP contribution < -0.4 is 11.1 Å². The summed E-state index contributed by atoms with van der Waals surface area (Å²) in [5.41, 5.74) is 5.97. The van der Waals surface area contributed by atoms with Crippen LogP contribution in [0, 0.1) is 0 Å². The number of rotatable bonds is 10. The summed E-state index contributed by atoms with van der Waals surface area (Å²) in [5, 5.41) is 11.6. The molecule has 0 bridgehead atoms. The highest BCUT2D eigenvalue weighted by Gasteiger charge is 2.32. The van der Waals surface area contributed by atoms with Crippen LogP contribution >= 0.6 is 0 Å². The number of nitrogens with two attached hydrogens (primary N) is 1. The SMILES string of the molecule is CC(C)(N)C(=O)N[C@H](COCc1ccccc1)c1nnc2n1CCN(C(=O)OCCN1CCOCC1)C2. The number of benzene rings is 1. The summed E-state index contributed by atoms with van der Waals surface area (Å²) in [6, 6.07) is 9.25. The summed E-state index contributed by atoms with van der Waals surface area (Å²) < 4.78 is 18.7. The molecule has 37 heavy (non-hydrogen) atoms. The van der Waals surface area contributed by atoms with Crippen molar-refractivity contribution >= 4 is 12.0 Å². The maximum Gasteiger partial charge on any atom is 0.410 e. The van der Waals surface area contributed by atoms with Gasteiger partial charge in [-0.05, 0) is 19.4 Å². The Bertz CT molecular complexity index is 1030. The van der Waals surface area contributed by atoms with E-state index < -0.39 is 11.6 Å². The Labute approximate surface area is 217 Å². The van der Waals surface area contributed by atoms with Gasteiger partial charge in [-0.25, -0.2) is 4.79 Å². The maximum absolute atomic E-state index is 12.7. The van der Waals surface area contributed by atoms with Crippen molar-refractivity contribution < 1.29 is 23.8 Å². The summed E-state index contributed by atoms with van der Waals surface area (Å²) in [6.07, 6.45) is -0.370. The molecule has 0 aliphatic carbocycles. The van der Waals surface area contributed by atoms with Gasteiger partial charge in [0.1, 0.15) is 12.6 Å². The van der Waals surface area contributed by atoms with Crippen molar-refractivity contribution in [1.29, 1.82) is 0 Å². The molecule has 1 fully saturated rings. The molecular weight excluding hydrogens is 478 g/mol. The molecular formula is C25H37N7O5. The van der Waals surface area contributed by atoms with Gasteiger partial charge in [0.25, 0.3) is 0 Å². The highest BCUT2D eigenvalue weighted by atomic mass is 16.6. The van der Waals surface area contributed by atoms with Gasteiger partial charge in [-0.1, -0.05) is 30.3 Å². The standard InChI is InChI=1S/C25H37N7O5/c1-25(2,26)23(33)27-20(18-36-17-19-6-4-3-5-7-19)22-29-28-21-16-31(8-9-32(21)22)24(34)37-15-12-30-10-13-35-14-11-30/h3-7,20H,8-18,26H2,1-2H3,(H,27,33)/t20-/m1/s1. The quantitative estimate of drug-likeness (QED) is 0.468. The zero-order valence-electron chi connectivity index (χ0n) is 21.6. The molecule has 1 atom stereocenters. The zero-order chi connectivity index (χ0) is 26.3. The highest BCUT2D eigenvalue weighted by molar-refractivity contribution is 5.85. The first-order valence-electron chi connectivity index (χ1n) is 12.7. The lowest BCUT2D eigenvalue weighted by atomic mass is 10.1. The number of aromatic nitrogens is 3. The Morgan fingerprint density at radius 1 is 1.14 bits per heavy atom. The molecule has 202 valence electrons.